The van der Waals surface area contributed by atoms with Gasteiger partial charge in [-0.1, -0.05) is 23.7 Å². The number of sulfonamides is 1. The Labute approximate surface area is 123 Å². The van der Waals surface area contributed by atoms with Crippen molar-refractivity contribution in [2.75, 3.05) is 10.5 Å². The van der Waals surface area contributed by atoms with Gasteiger partial charge in [0.2, 0.25) is 0 Å². The van der Waals surface area contributed by atoms with Gasteiger partial charge >= 0.3 is 0 Å². The van der Waals surface area contributed by atoms with Gasteiger partial charge in [0, 0.05) is 10.7 Å². The molecule has 3 N–H and O–H groups in total. The molecule has 2 aromatic carbocycles. The lowest BCUT2D eigenvalue weighted by atomic mass is 10.1. The number of nitrogens with two attached hydrogens (primary N) is 1. The highest BCUT2D eigenvalue weighted by Gasteiger charge is 2.16. The standard InChI is InChI=1S/C14H15ClN2O2S/c1-9-6-10(2)14(8-13(9)16)17-20(18,19)12-5-3-4-11(15)7-12/h3-8,17H,16H2,1-2H3. The van der Waals surface area contributed by atoms with Crippen LogP contribution in [-0.2, 0) is 10.0 Å². The van der Waals surface area contributed by atoms with Crippen molar-refractivity contribution in [2.24, 2.45) is 0 Å². The molecule has 0 radical (unpaired) electrons. The van der Waals surface area contributed by atoms with E-state index in [1.54, 1.807) is 18.2 Å². The minimum absolute atomic E-state index is 0.114. The summed E-state index contributed by atoms with van der Waals surface area (Å²) >= 11 is 5.82. The highest BCUT2D eigenvalue weighted by Crippen LogP contribution is 2.25. The van der Waals surface area contributed by atoms with E-state index in [4.69, 9.17) is 17.3 Å². The Morgan fingerprint density at radius 3 is 2.45 bits per heavy atom. The highest BCUT2D eigenvalue weighted by atomic mass is 35.5. The average molecular weight is 311 g/mol. The number of nitrogens with one attached hydrogen (secondary N) is 1. The summed E-state index contributed by atoms with van der Waals surface area (Å²) in [5, 5.41) is 0.369. The van der Waals surface area contributed by atoms with Gasteiger partial charge in [0.15, 0.2) is 0 Å². The van der Waals surface area contributed by atoms with Gasteiger partial charge in [0.25, 0.3) is 10.0 Å². The second kappa shape index (κ2) is 5.34. The lowest BCUT2D eigenvalue weighted by Gasteiger charge is -2.13. The van der Waals surface area contributed by atoms with Crippen molar-refractivity contribution in [3.05, 3.63) is 52.5 Å². The SMILES string of the molecule is Cc1cc(C)c(NS(=O)(=O)c2cccc(Cl)c2)cc1N. The van der Waals surface area contributed by atoms with E-state index in [0.717, 1.165) is 11.1 Å². The molecule has 0 spiro atoms. The van der Waals surface area contributed by atoms with E-state index < -0.39 is 10.0 Å². The first-order valence-corrected chi connectivity index (χ1v) is 7.81. The summed E-state index contributed by atoms with van der Waals surface area (Å²) in [6.07, 6.45) is 0. The van der Waals surface area contributed by atoms with E-state index in [-0.39, 0.29) is 4.90 Å². The first kappa shape index (κ1) is 14.7. The largest absolute Gasteiger partial charge is 0.398 e. The number of halogens is 1. The zero-order valence-electron chi connectivity index (χ0n) is 11.1. The molecule has 0 fully saturated rings. The monoisotopic (exact) mass is 310 g/mol. The quantitative estimate of drug-likeness (QED) is 0.854. The Hall–Kier alpha value is -1.72. The molecule has 2 rings (SSSR count). The molecule has 0 saturated heterocycles. The van der Waals surface area contributed by atoms with Gasteiger partial charge in [-0.25, -0.2) is 8.42 Å². The highest BCUT2D eigenvalue weighted by molar-refractivity contribution is 7.92. The van der Waals surface area contributed by atoms with E-state index in [0.29, 0.717) is 16.4 Å². The summed E-state index contributed by atoms with van der Waals surface area (Å²) in [6, 6.07) is 9.55. The van der Waals surface area contributed by atoms with Crippen molar-refractivity contribution in [2.45, 2.75) is 18.7 Å². The van der Waals surface area contributed by atoms with Crippen LogP contribution in [0.25, 0.3) is 0 Å². The summed E-state index contributed by atoms with van der Waals surface area (Å²) in [7, 11) is -3.68. The molecule has 0 heterocycles. The number of aryl methyl sites for hydroxylation is 2. The number of hydrogen-bond acceptors (Lipinski definition) is 3. The third-order valence-electron chi connectivity index (χ3n) is 2.96. The maximum atomic E-state index is 12.3. The van der Waals surface area contributed by atoms with Gasteiger partial charge < -0.3 is 5.73 Å². The van der Waals surface area contributed by atoms with Crippen molar-refractivity contribution < 1.29 is 8.42 Å². The van der Waals surface area contributed by atoms with Crippen molar-refractivity contribution in [1.82, 2.24) is 0 Å². The molecular weight excluding hydrogens is 296 g/mol. The molecule has 0 aliphatic rings. The minimum Gasteiger partial charge on any atom is -0.398 e. The molecule has 0 unspecified atom stereocenters. The molecule has 0 atom stereocenters. The molecule has 0 aromatic heterocycles. The molecular formula is C14H15ClN2O2S. The van der Waals surface area contributed by atoms with E-state index in [9.17, 15) is 8.42 Å². The Balaban J connectivity index is 2.41. The van der Waals surface area contributed by atoms with Crippen molar-refractivity contribution in [3.8, 4) is 0 Å². The summed E-state index contributed by atoms with van der Waals surface area (Å²) in [6.45, 7) is 3.69. The van der Waals surface area contributed by atoms with Crippen LogP contribution in [0.4, 0.5) is 11.4 Å². The third-order valence-corrected chi connectivity index (χ3v) is 4.56. The van der Waals surface area contributed by atoms with Crippen LogP contribution in [0.15, 0.2) is 41.3 Å². The smallest absolute Gasteiger partial charge is 0.261 e. The fourth-order valence-corrected chi connectivity index (χ4v) is 3.24. The lowest BCUT2D eigenvalue weighted by molar-refractivity contribution is 0.601. The van der Waals surface area contributed by atoms with Crippen LogP contribution in [0.3, 0.4) is 0 Å². The average Bonchev–Trinajstić information content (AvgIpc) is 2.36. The van der Waals surface area contributed by atoms with Crippen LogP contribution in [0.1, 0.15) is 11.1 Å². The zero-order chi connectivity index (χ0) is 14.9. The van der Waals surface area contributed by atoms with Gasteiger partial charge in [-0.3, -0.25) is 4.72 Å². The van der Waals surface area contributed by atoms with Crippen molar-refractivity contribution in [3.63, 3.8) is 0 Å². The summed E-state index contributed by atoms with van der Waals surface area (Å²) < 4.78 is 27.1. The number of benzene rings is 2. The molecule has 0 amide bonds. The Kier molecular flexibility index (Phi) is 3.92. The Morgan fingerprint density at radius 2 is 1.80 bits per heavy atom. The molecule has 0 aliphatic carbocycles. The van der Waals surface area contributed by atoms with Gasteiger partial charge in [0.1, 0.15) is 0 Å². The van der Waals surface area contributed by atoms with E-state index in [1.165, 1.54) is 12.1 Å². The van der Waals surface area contributed by atoms with Crippen LogP contribution in [-0.4, -0.2) is 8.42 Å². The number of hydrogen-bond donors (Lipinski definition) is 2. The molecule has 20 heavy (non-hydrogen) atoms. The first-order valence-electron chi connectivity index (χ1n) is 5.95. The van der Waals surface area contributed by atoms with Gasteiger partial charge in [-0.15, -0.1) is 0 Å². The van der Waals surface area contributed by atoms with Crippen LogP contribution >= 0.6 is 11.6 Å². The van der Waals surface area contributed by atoms with Gasteiger partial charge in [0.05, 0.1) is 10.6 Å². The Bertz CT molecular complexity index is 758. The summed E-state index contributed by atoms with van der Waals surface area (Å²) in [5.41, 5.74) is 8.54. The van der Waals surface area contributed by atoms with Crippen LogP contribution in [0.2, 0.25) is 5.02 Å². The fourth-order valence-electron chi connectivity index (χ4n) is 1.82. The maximum absolute atomic E-state index is 12.3. The third kappa shape index (κ3) is 3.05. The van der Waals surface area contributed by atoms with Crippen molar-refractivity contribution in [1.29, 1.82) is 0 Å². The van der Waals surface area contributed by atoms with Crippen molar-refractivity contribution >= 4 is 33.0 Å². The summed E-state index contributed by atoms with van der Waals surface area (Å²) in [5.74, 6) is 0. The number of anilines is 2. The second-order valence-corrected chi connectivity index (χ2v) is 6.71. The van der Waals surface area contributed by atoms with Gasteiger partial charge in [-0.05, 0) is 49.2 Å². The fraction of sp³-hybridized carbons (Fsp3) is 0.143. The topological polar surface area (TPSA) is 72.2 Å². The lowest BCUT2D eigenvalue weighted by Crippen LogP contribution is -2.14. The van der Waals surface area contributed by atoms with Crippen LogP contribution < -0.4 is 10.5 Å². The predicted molar refractivity (Wildman–Crippen MR) is 82.6 cm³/mol. The number of nitrogen functional groups attached to an aromatic ring is 1. The molecule has 0 aliphatic heterocycles. The molecule has 0 bridgehead atoms. The molecule has 106 valence electrons. The van der Waals surface area contributed by atoms with E-state index >= 15 is 0 Å². The normalized spacial score (nSPS) is 11.3. The first-order chi connectivity index (χ1) is 9.29. The Morgan fingerprint density at radius 1 is 1.10 bits per heavy atom. The molecule has 4 nitrogen and oxygen atoms in total. The number of rotatable bonds is 3. The van der Waals surface area contributed by atoms with Gasteiger partial charge in [-0.2, -0.15) is 0 Å². The maximum Gasteiger partial charge on any atom is 0.261 e. The molecule has 2 aromatic rings. The van der Waals surface area contributed by atoms with E-state index in [1.807, 2.05) is 19.9 Å². The predicted octanol–water partition coefficient (Wildman–Crippen LogP) is 3.34. The summed E-state index contributed by atoms with van der Waals surface area (Å²) in [4.78, 5) is 0.114. The second-order valence-electron chi connectivity index (χ2n) is 4.59. The minimum atomic E-state index is -3.68. The van der Waals surface area contributed by atoms with E-state index in [2.05, 4.69) is 4.72 Å². The molecule has 6 heteroatoms. The van der Waals surface area contributed by atoms with Crippen LogP contribution in [0, 0.1) is 13.8 Å². The molecule has 0 saturated carbocycles. The van der Waals surface area contributed by atoms with Crippen LogP contribution in [0.5, 0.6) is 0 Å². The zero-order valence-corrected chi connectivity index (χ0v) is 12.7.